The predicted octanol–water partition coefficient (Wildman–Crippen LogP) is 2.55. The normalized spacial score (nSPS) is 16.2. The van der Waals surface area contributed by atoms with Crippen LogP contribution < -0.4 is 5.32 Å². The third kappa shape index (κ3) is 3.97. The molecule has 2 N–H and O–H groups in total. The molecule has 1 fully saturated rings. The molecule has 0 aliphatic carbocycles. The Balaban J connectivity index is 2.16. The zero-order valence-electron chi connectivity index (χ0n) is 13.2. The summed E-state index contributed by atoms with van der Waals surface area (Å²) in [7, 11) is 0. The lowest BCUT2D eigenvalue weighted by molar-refractivity contribution is 0.0655. The summed E-state index contributed by atoms with van der Waals surface area (Å²) >= 11 is 0. The van der Waals surface area contributed by atoms with E-state index >= 15 is 0 Å². The van der Waals surface area contributed by atoms with E-state index in [0.29, 0.717) is 11.5 Å². The minimum Gasteiger partial charge on any atom is -0.507 e. The zero-order valence-corrected chi connectivity index (χ0v) is 13.2. The molecule has 4 nitrogen and oxygen atoms in total. The highest BCUT2D eigenvalue weighted by atomic mass is 16.3. The highest BCUT2D eigenvalue weighted by Crippen LogP contribution is 2.23. The van der Waals surface area contributed by atoms with Crippen molar-refractivity contribution in [2.45, 2.75) is 39.7 Å². The fourth-order valence-electron chi connectivity index (χ4n) is 2.85. The van der Waals surface area contributed by atoms with Crippen LogP contribution in [0.2, 0.25) is 0 Å². The molecule has 116 valence electrons. The van der Waals surface area contributed by atoms with Crippen LogP contribution in [-0.4, -0.2) is 41.6 Å². The van der Waals surface area contributed by atoms with Crippen LogP contribution in [0.1, 0.15) is 42.6 Å². The van der Waals surface area contributed by atoms with Gasteiger partial charge < -0.3 is 15.3 Å². The summed E-state index contributed by atoms with van der Waals surface area (Å²) in [6, 6.07) is 5.33. The van der Waals surface area contributed by atoms with E-state index in [1.54, 1.807) is 12.1 Å². The molecule has 21 heavy (non-hydrogen) atoms. The van der Waals surface area contributed by atoms with Crippen molar-refractivity contribution in [2.24, 2.45) is 5.92 Å². The summed E-state index contributed by atoms with van der Waals surface area (Å²) in [6.45, 7) is 8.83. The Bertz CT molecular complexity index is 494. The molecule has 0 atom stereocenters. The number of amides is 1. The zero-order chi connectivity index (χ0) is 15.4. The number of carbonyl (C=O) groups is 1. The molecule has 1 heterocycles. The first-order chi connectivity index (χ1) is 9.99. The third-order valence-corrected chi connectivity index (χ3v) is 4.18. The number of nitrogens with zero attached hydrogens (tertiary/aromatic N) is 1. The van der Waals surface area contributed by atoms with E-state index in [2.05, 4.69) is 5.32 Å². The quantitative estimate of drug-likeness (QED) is 0.896. The molecule has 4 heteroatoms. The van der Waals surface area contributed by atoms with Crippen molar-refractivity contribution in [1.29, 1.82) is 0 Å². The van der Waals surface area contributed by atoms with Crippen molar-refractivity contribution in [2.75, 3.05) is 19.6 Å². The minimum atomic E-state index is -0.0651. The van der Waals surface area contributed by atoms with E-state index in [9.17, 15) is 9.90 Å². The number of benzene rings is 1. The Morgan fingerprint density at radius 3 is 2.67 bits per heavy atom. The van der Waals surface area contributed by atoms with Crippen LogP contribution in [0, 0.1) is 12.8 Å². The molecular formula is C17H26N2O2. The number of phenols is 1. The SMILES string of the molecule is Cc1ccc(O)c(C(=O)N(CC2CCNCC2)C(C)C)c1. The van der Waals surface area contributed by atoms with Crippen LogP contribution in [0.3, 0.4) is 0 Å². The van der Waals surface area contributed by atoms with E-state index < -0.39 is 0 Å². The Labute approximate surface area is 127 Å². The molecule has 1 saturated heterocycles. The monoisotopic (exact) mass is 290 g/mol. The van der Waals surface area contributed by atoms with Gasteiger partial charge >= 0.3 is 0 Å². The van der Waals surface area contributed by atoms with Crippen LogP contribution in [0.5, 0.6) is 5.75 Å². The average Bonchev–Trinajstić information content (AvgIpc) is 2.47. The maximum Gasteiger partial charge on any atom is 0.257 e. The van der Waals surface area contributed by atoms with E-state index in [0.717, 1.165) is 38.0 Å². The molecular weight excluding hydrogens is 264 g/mol. The van der Waals surface area contributed by atoms with Gasteiger partial charge in [0.25, 0.3) is 5.91 Å². The maximum atomic E-state index is 12.8. The van der Waals surface area contributed by atoms with Gasteiger partial charge in [0.15, 0.2) is 0 Å². The Kier molecular flexibility index (Phi) is 5.23. The molecule has 0 spiro atoms. The molecule has 0 saturated carbocycles. The lowest BCUT2D eigenvalue weighted by Gasteiger charge is -2.33. The van der Waals surface area contributed by atoms with Crippen LogP contribution in [0.25, 0.3) is 0 Å². The summed E-state index contributed by atoms with van der Waals surface area (Å²) in [6.07, 6.45) is 2.21. The van der Waals surface area contributed by atoms with Crippen molar-refractivity contribution < 1.29 is 9.90 Å². The van der Waals surface area contributed by atoms with Crippen molar-refractivity contribution in [3.05, 3.63) is 29.3 Å². The number of carbonyl (C=O) groups excluding carboxylic acids is 1. The van der Waals surface area contributed by atoms with Gasteiger partial charge in [-0.15, -0.1) is 0 Å². The van der Waals surface area contributed by atoms with Gasteiger partial charge in [-0.3, -0.25) is 4.79 Å². The van der Waals surface area contributed by atoms with Crippen LogP contribution in [-0.2, 0) is 0 Å². The smallest absolute Gasteiger partial charge is 0.257 e. The lowest BCUT2D eigenvalue weighted by Crippen LogP contribution is -2.43. The number of nitrogens with one attached hydrogen (secondary N) is 1. The molecule has 0 aromatic heterocycles. The number of aromatic hydroxyl groups is 1. The van der Waals surface area contributed by atoms with E-state index in [4.69, 9.17) is 0 Å². The molecule has 1 aromatic carbocycles. The Morgan fingerprint density at radius 1 is 1.38 bits per heavy atom. The van der Waals surface area contributed by atoms with Crippen molar-refractivity contribution in [3.8, 4) is 5.75 Å². The summed E-state index contributed by atoms with van der Waals surface area (Å²) in [5.74, 6) is 0.552. The van der Waals surface area contributed by atoms with E-state index in [1.165, 1.54) is 0 Å². The van der Waals surface area contributed by atoms with Gasteiger partial charge in [0.2, 0.25) is 0 Å². The number of rotatable bonds is 4. The number of hydrogen-bond donors (Lipinski definition) is 2. The Hall–Kier alpha value is -1.55. The highest BCUT2D eigenvalue weighted by Gasteiger charge is 2.25. The molecule has 1 aliphatic rings. The van der Waals surface area contributed by atoms with Crippen molar-refractivity contribution in [3.63, 3.8) is 0 Å². The van der Waals surface area contributed by atoms with Gasteiger partial charge in [-0.1, -0.05) is 11.6 Å². The largest absolute Gasteiger partial charge is 0.507 e. The molecule has 2 rings (SSSR count). The van der Waals surface area contributed by atoms with Gasteiger partial charge in [0.05, 0.1) is 5.56 Å². The number of phenolic OH excluding ortho intramolecular Hbond substituents is 1. The highest BCUT2D eigenvalue weighted by molar-refractivity contribution is 5.97. The standard InChI is InChI=1S/C17H26N2O2/c1-12(2)19(11-14-6-8-18-9-7-14)17(21)15-10-13(3)4-5-16(15)20/h4-5,10,12,14,18,20H,6-9,11H2,1-3H3. The number of piperidine rings is 1. The predicted molar refractivity (Wildman–Crippen MR) is 84.6 cm³/mol. The minimum absolute atomic E-state index is 0.0651. The summed E-state index contributed by atoms with van der Waals surface area (Å²) in [4.78, 5) is 14.7. The van der Waals surface area contributed by atoms with Crippen molar-refractivity contribution in [1.82, 2.24) is 10.2 Å². The average molecular weight is 290 g/mol. The topological polar surface area (TPSA) is 52.6 Å². The first kappa shape index (κ1) is 15.8. The summed E-state index contributed by atoms with van der Waals surface area (Å²) < 4.78 is 0. The van der Waals surface area contributed by atoms with Crippen LogP contribution >= 0.6 is 0 Å². The third-order valence-electron chi connectivity index (χ3n) is 4.18. The summed E-state index contributed by atoms with van der Waals surface area (Å²) in [5, 5.41) is 13.3. The van der Waals surface area contributed by atoms with Crippen LogP contribution in [0.15, 0.2) is 18.2 Å². The van der Waals surface area contributed by atoms with E-state index in [-0.39, 0.29) is 17.7 Å². The number of hydrogen-bond acceptors (Lipinski definition) is 3. The first-order valence-electron chi connectivity index (χ1n) is 7.80. The number of aryl methyl sites for hydroxylation is 1. The van der Waals surface area contributed by atoms with Gasteiger partial charge in [0.1, 0.15) is 5.75 Å². The fraction of sp³-hybridized carbons (Fsp3) is 0.588. The molecule has 1 amide bonds. The second-order valence-corrected chi connectivity index (χ2v) is 6.27. The second kappa shape index (κ2) is 6.94. The van der Waals surface area contributed by atoms with Gasteiger partial charge in [-0.2, -0.15) is 0 Å². The van der Waals surface area contributed by atoms with Crippen molar-refractivity contribution >= 4 is 5.91 Å². The molecule has 0 unspecified atom stereocenters. The second-order valence-electron chi connectivity index (χ2n) is 6.27. The molecule has 1 aliphatic heterocycles. The summed E-state index contributed by atoms with van der Waals surface area (Å²) in [5.41, 5.74) is 1.40. The molecule has 0 radical (unpaired) electrons. The van der Waals surface area contributed by atoms with E-state index in [1.807, 2.05) is 31.7 Å². The Morgan fingerprint density at radius 2 is 2.05 bits per heavy atom. The maximum absolute atomic E-state index is 12.8. The molecule has 1 aromatic rings. The molecule has 0 bridgehead atoms. The lowest BCUT2D eigenvalue weighted by atomic mass is 9.96. The van der Waals surface area contributed by atoms with Crippen LogP contribution in [0.4, 0.5) is 0 Å². The van der Waals surface area contributed by atoms with Gasteiger partial charge in [0, 0.05) is 12.6 Å². The van der Waals surface area contributed by atoms with Gasteiger partial charge in [-0.05, 0) is 64.8 Å². The van der Waals surface area contributed by atoms with Gasteiger partial charge in [-0.25, -0.2) is 0 Å². The fourth-order valence-corrected chi connectivity index (χ4v) is 2.85. The first-order valence-corrected chi connectivity index (χ1v) is 7.80.